The van der Waals surface area contributed by atoms with E-state index in [4.69, 9.17) is 0 Å². The summed E-state index contributed by atoms with van der Waals surface area (Å²) in [7, 11) is 0. The molecule has 0 heterocycles. The molecule has 0 aromatic heterocycles. The number of hydrogen-bond donors (Lipinski definition) is 1. The molecule has 3 fully saturated rings. The lowest BCUT2D eigenvalue weighted by Gasteiger charge is -2.62. The molecule has 1 aromatic carbocycles. The smallest absolute Gasteiger partial charge is 0.184 e. The summed E-state index contributed by atoms with van der Waals surface area (Å²) < 4.78 is 0. The van der Waals surface area contributed by atoms with Gasteiger partial charge >= 0.3 is 0 Å². The van der Waals surface area contributed by atoms with Crippen molar-refractivity contribution in [1.29, 1.82) is 0 Å². The lowest BCUT2D eigenvalue weighted by atomic mass is 9.37. The third-order valence-electron chi connectivity index (χ3n) is 11.2. The van der Waals surface area contributed by atoms with E-state index in [1.165, 1.54) is 0 Å². The van der Waals surface area contributed by atoms with Gasteiger partial charge in [0.05, 0.1) is 5.41 Å². The van der Waals surface area contributed by atoms with E-state index < -0.39 is 27.8 Å². The van der Waals surface area contributed by atoms with Gasteiger partial charge < -0.3 is 5.11 Å². The van der Waals surface area contributed by atoms with Gasteiger partial charge in [-0.3, -0.25) is 14.4 Å². The van der Waals surface area contributed by atoms with Crippen molar-refractivity contribution in [2.24, 2.45) is 45.3 Å². The van der Waals surface area contributed by atoms with E-state index in [0.29, 0.717) is 24.3 Å². The molecular formula is C38H50O4. The van der Waals surface area contributed by atoms with Gasteiger partial charge in [0.25, 0.3) is 0 Å². The Balaban J connectivity index is 2.03. The maximum Gasteiger partial charge on any atom is 0.184 e. The summed E-state index contributed by atoms with van der Waals surface area (Å²) in [5.41, 5.74) is -1.47. The van der Waals surface area contributed by atoms with Crippen molar-refractivity contribution < 1.29 is 19.5 Å². The minimum absolute atomic E-state index is 0.109. The van der Waals surface area contributed by atoms with Gasteiger partial charge in [0, 0.05) is 5.56 Å². The molecule has 3 saturated carbocycles. The van der Waals surface area contributed by atoms with E-state index in [1.54, 1.807) is 24.3 Å². The quantitative estimate of drug-likeness (QED) is 0.111. The average Bonchev–Trinajstić information content (AvgIpc) is 2.90. The molecule has 0 saturated heterocycles. The Kier molecular flexibility index (Phi) is 8.30. The van der Waals surface area contributed by atoms with Crippen molar-refractivity contribution in [1.82, 2.24) is 0 Å². The highest BCUT2D eigenvalue weighted by molar-refractivity contribution is 6.41. The normalized spacial score (nSPS) is 33.0. The first kappa shape index (κ1) is 31.9. The van der Waals surface area contributed by atoms with Crippen LogP contribution in [0.2, 0.25) is 0 Å². The first-order chi connectivity index (χ1) is 19.4. The first-order valence-electron chi connectivity index (χ1n) is 15.6. The van der Waals surface area contributed by atoms with E-state index >= 15 is 4.79 Å². The maximum absolute atomic E-state index is 15.2. The molecule has 3 aliphatic rings. The second kappa shape index (κ2) is 10.9. The molecule has 1 aromatic rings. The Bertz CT molecular complexity index is 1380. The first-order valence-corrected chi connectivity index (χ1v) is 15.6. The van der Waals surface area contributed by atoms with Crippen LogP contribution in [0.1, 0.15) is 93.6 Å². The van der Waals surface area contributed by atoms with Crippen molar-refractivity contribution >= 4 is 23.1 Å². The number of rotatable bonds is 8. The predicted octanol–water partition coefficient (Wildman–Crippen LogP) is 8.89. The van der Waals surface area contributed by atoms with Crippen LogP contribution in [-0.4, -0.2) is 22.5 Å². The molecular weight excluding hydrogens is 520 g/mol. The van der Waals surface area contributed by atoms with Gasteiger partial charge in [0.1, 0.15) is 16.7 Å². The Morgan fingerprint density at radius 3 is 2.17 bits per heavy atom. The molecule has 0 radical (unpaired) electrons. The number of aliphatic hydroxyl groups excluding tert-OH is 1. The number of ketones is 3. The largest absolute Gasteiger partial charge is 0.506 e. The Labute approximate surface area is 253 Å². The van der Waals surface area contributed by atoms with Crippen LogP contribution in [0, 0.1) is 45.3 Å². The molecule has 4 nitrogen and oxygen atoms in total. The van der Waals surface area contributed by atoms with Crippen LogP contribution in [0.3, 0.4) is 0 Å². The van der Waals surface area contributed by atoms with Crippen LogP contribution in [0.25, 0.3) is 5.76 Å². The van der Waals surface area contributed by atoms with Gasteiger partial charge in [-0.2, -0.15) is 0 Å². The summed E-state index contributed by atoms with van der Waals surface area (Å²) in [5, 5.41) is 11.7. The Hall–Kier alpha value is -3.01. The van der Waals surface area contributed by atoms with Gasteiger partial charge in [-0.05, 0) is 81.0 Å². The van der Waals surface area contributed by atoms with Crippen molar-refractivity contribution in [3.8, 4) is 0 Å². The number of carbonyl (C=O) groups excluding carboxylic acids is 3. The fourth-order valence-electron chi connectivity index (χ4n) is 8.20. The average molecular weight is 571 g/mol. The van der Waals surface area contributed by atoms with E-state index in [2.05, 4.69) is 53.3 Å². The van der Waals surface area contributed by atoms with Gasteiger partial charge in [0.2, 0.25) is 0 Å². The van der Waals surface area contributed by atoms with Crippen LogP contribution in [0.15, 0.2) is 71.9 Å². The van der Waals surface area contributed by atoms with Crippen LogP contribution in [0.5, 0.6) is 0 Å². The van der Waals surface area contributed by atoms with Crippen LogP contribution < -0.4 is 0 Å². The number of fused-ring (bicyclic) bond motifs is 2. The zero-order valence-corrected chi connectivity index (χ0v) is 27.1. The summed E-state index contributed by atoms with van der Waals surface area (Å²) in [4.78, 5) is 44.9. The van der Waals surface area contributed by atoms with Crippen LogP contribution in [-0.2, 0) is 14.4 Å². The highest BCUT2D eigenvalue weighted by Crippen LogP contribution is 2.68. The summed E-state index contributed by atoms with van der Waals surface area (Å²) in [5.74, 6) is -1.06. The van der Waals surface area contributed by atoms with E-state index in [0.717, 1.165) is 17.6 Å². The standard InChI is InChI=1S/C38H50O4/c1-23(2)16-17-27-21-37(22-28-20-29(25(5)6)35(28,7)8)32(40)30(31(39)26-14-12-11-13-15-26)33(41)38(34(37)42,36(27,9)10)19-18-24(3)4/h11-18,23,27-29,39H,5,19-22H2,1-4,6-10H3/b17-16+,31-30?/t27-,28+,29-,37-,38-/m1/s1. The number of Topliss-reactive ketones (excluding diaryl/α,β-unsaturated/α-hetero) is 3. The molecule has 0 amide bonds. The fraction of sp³-hybridized carbons (Fsp3) is 0.553. The fourth-order valence-corrected chi connectivity index (χ4v) is 8.20. The van der Waals surface area contributed by atoms with Crippen molar-refractivity contribution in [2.45, 2.75) is 88.0 Å². The molecule has 3 aliphatic carbocycles. The number of aliphatic hydroxyl groups is 1. The lowest BCUT2D eigenvalue weighted by Crippen LogP contribution is -2.70. The van der Waals surface area contributed by atoms with Crippen molar-refractivity contribution in [2.75, 3.05) is 0 Å². The highest BCUT2D eigenvalue weighted by Gasteiger charge is 2.74. The summed E-state index contributed by atoms with van der Waals surface area (Å²) in [6, 6.07) is 8.78. The van der Waals surface area contributed by atoms with Gasteiger partial charge in [0.15, 0.2) is 17.3 Å². The zero-order valence-electron chi connectivity index (χ0n) is 27.1. The summed E-state index contributed by atoms with van der Waals surface area (Å²) in [6.45, 7) is 22.8. The molecule has 4 rings (SSSR count). The minimum Gasteiger partial charge on any atom is -0.506 e. The lowest BCUT2D eigenvalue weighted by molar-refractivity contribution is -0.178. The maximum atomic E-state index is 15.2. The predicted molar refractivity (Wildman–Crippen MR) is 171 cm³/mol. The second-order valence-electron chi connectivity index (χ2n) is 15.1. The van der Waals surface area contributed by atoms with Crippen molar-refractivity contribution in [3.05, 3.63) is 77.4 Å². The Morgan fingerprint density at radius 2 is 1.64 bits per heavy atom. The third-order valence-corrected chi connectivity index (χ3v) is 11.2. The highest BCUT2D eigenvalue weighted by atomic mass is 16.3. The zero-order chi connectivity index (χ0) is 31.4. The minimum atomic E-state index is -1.48. The monoisotopic (exact) mass is 570 g/mol. The number of carbonyl (C=O) groups is 3. The Morgan fingerprint density at radius 1 is 1.02 bits per heavy atom. The molecule has 0 aliphatic heterocycles. The molecule has 226 valence electrons. The molecule has 0 unspecified atom stereocenters. The number of benzene rings is 1. The second-order valence-corrected chi connectivity index (χ2v) is 15.1. The summed E-state index contributed by atoms with van der Waals surface area (Å²) >= 11 is 0. The molecule has 5 atom stereocenters. The third kappa shape index (κ3) is 4.70. The van der Waals surface area contributed by atoms with E-state index in [1.807, 2.05) is 39.8 Å². The van der Waals surface area contributed by atoms with Gasteiger partial charge in [-0.25, -0.2) is 0 Å². The molecule has 0 spiro atoms. The van der Waals surface area contributed by atoms with E-state index in [-0.39, 0.29) is 46.7 Å². The van der Waals surface area contributed by atoms with Gasteiger partial charge in [-0.1, -0.05) is 108 Å². The van der Waals surface area contributed by atoms with Gasteiger partial charge in [-0.15, -0.1) is 0 Å². The van der Waals surface area contributed by atoms with Crippen molar-refractivity contribution in [3.63, 3.8) is 0 Å². The number of hydrogen-bond acceptors (Lipinski definition) is 4. The van der Waals surface area contributed by atoms with Crippen LogP contribution >= 0.6 is 0 Å². The number of allylic oxidation sites excluding steroid dienone is 6. The van der Waals surface area contributed by atoms with Crippen LogP contribution in [0.4, 0.5) is 0 Å². The molecule has 42 heavy (non-hydrogen) atoms. The summed E-state index contributed by atoms with van der Waals surface area (Å²) in [6.07, 6.45) is 8.03. The SMILES string of the molecule is C=C(C)[C@H]1C[C@@H](C[C@]23C[C@@H](/C=C/C(C)C)C(C)(C)[C@](CC=C(C)C)(C(=O)C(=C(O)c4ccccc4)C2=O)C3=O)C1(C)C. The molecule has 1 N–H and O–H groups in total. The molecule has 2 bridgehead atoms. The van der Waals surface area contributed by atoms with E-state index in [9.17, 15) is 14.7 Å². The topological polar surface area (TPSA) is 71.4 Å². The molecule has 4 heteroatoms.